The number of H-pyrrole nitrogens is 2. The number of benzene rings is 2. The van der Waals surface area contributed by atoms with Crippen molar-refractivity contribution in [3.63, 3.8) is 0 Å². The van der Waals surface area contributed by atoms with Crippen molar-refractivity contribution in [3.8, 4) is 33.6 Å². The molecule has 58 heavy (non-hydrogen) atoms. The Hall–Kier alpha value is -5.54. The van der Waals surface area contributed by atoms with Crippen molar-refractivity contribution in [2.24, 2.45) is 11.8 Å². The van der Waals surface area contributed by atoms with Crippen molar-refractivity contribution in [1.82, 2.24) is 39.5 Å². The van der Waals surface area contributed by atoms with Crippen molar-refractivity contribution in [2.45, 2.75) is 87.4 Å². The minimum absolute atomic E-state index is 0.0360. The van der Waals surface area contributed by atoms with E-state index >= 15 is 0 Å². The second-order valence-electron chi connectivity index (χ2n) is 16.8. The quantitative estimate of drug-likeness (QED) is 0.189. The lowest BCUT2D eigenvalue weighted by Crippen LogP contribution is -2.50. The largest absolute Gasteiger partial charge is 0.346 e. The lowest BCUT2D eigenvalue weighted by Gasteiger charge is -2.33. The summed E-state index contributed by atoms with van der Waals surface area (Å²) in [6.45, 7) is -0.528. The van der Waals surface area contributed by atoms with Gasteiger partial charge >= 0.3 is 23.6 Å². The molecule has 4 aliphatic heterocycles. The Morgan fingerprint density at radius 2 is 0.862 bits per heavy atom. The number of halogens is 4. The number of imidazole rings is 2. The summed E-state index contributed by atoms with van der Waals surface area (Å²) >= 11 is 0. The third-order valence-corrected chi connectivity index (χ3v) is 13.1. The summed E-state index contributed by atoms with van der Waals surface area (Å²) in [5.41, 5.74) is 5.10. The molecule has 4 unspecified atom stereocenters. The lowest BCUT2D eigenvalue weighted by molar-refractivity contribution is -0.156. The molecule has 6 aliphatic rings. The second-order valence-corrected chi connectivity index (χ2v) is 16.8. The molecule has 2 aromatic heterocycles. The van der Waals surface area contributed by atoms with Crippen molar-refractivity contribution in [2.75, 3.05) is 26.2 Å². The van der Waals surface area contributed by atoms with Gasteiger partial charge in [0.05, 0.1) is 23.5 Å². The lowest BCUT2D eigenvalue weighted by atomic mass is 10.0. The first-order valence-corrected chi connectivity index (χ1v) is 20.1. The maximum Gasteiger partial charge on any atom is 0.312 e. The van der Waals surface area contributed by atoms with Gasteiger partial charge in [0.2, 0.25) is 0 Å². The smallest absolute Gasteiger partial charge is 0.312 e. The SMILES string of the molecule is O=C(C(=O)N1C(c2nc(-c3ccc(-c4ccc(-c5c[nH]c(C6CC7C[C@@H]7N6C(=O)C(=O)N6CCC(F)(F)CC6)n5)cc4)cc3)c[nH]2)C[C@@H]2CC21)N1CCC(F)(F)CC1. The molecule has 4 amide bonds. The van der Waals surface area contributed by atoms with Gasteiger partial charge in [0, 0.05) is 87.5 Å². The van der Waals surface area contributed by atoms with Gasteiger partial charge in [-0.05, 0) is 48.6 Å². The van der Waals surface area contributed by atoms with Gasteiger partial charge < -0.3 is 29.6 Å². The number of carbonyl (C=O) groups is 4. The number of likely N-dealkylation sites (tertiary alicyclic amines) is 4. The summed E-state index contributed by atoms with van der Waals surface area (Å²) in [4.78, 5) is 74.8. The molecule has 0 spiro atoms. The zero-order valence-corrected chi connectivity index (χ0v) is 31.6. The Labute approximate surface area is 331 Å². The molecule has 2 aromatic carbocycles. The molecular weight excluding hydrogens is 757 g/mol. The zero-order chi connectivity index (χ0) is 40.1. The highest BCUT2D eigenvalue weighted by Crippen LogP contribution is 2.54. The van der Waals surface area contributed by atoms with E-state index in [-0.39, 0.29) is 50.3 Å². The van der Waals surface area contributed by atoms with Crippen molar-refractivity contribution >= 4 is 23.6 Å². The molecule has 2 N–H and O–H groups in total. The molecule has 0 bridgehead atoms. The highest BCUT2D eigenvalue weighted by molar-refractivity contribution is 6.35. The third kappa shape index (κ3) is 6.63. The number of hydrogen-bond acceptors (Lipinski definition) is 6. The Balaban J connectivity index is 0.784. The monoisotopic (exact) mass is 798 g/mol. The van der Waals surface area contributed by atoms with Crippen LogP contribution in [0.3, 0.4) is 0 Å². The summed E-state index contributed by atoms with van der Waals surface area (Å²) in [6.07, 6.45) is 4.87. The van der Waals surface area contributed by atoms with Crippen LogP contribution < -0.4 is 0 Å². The fourth-order valence-corrected chi connectivity index (χ4v) is 9.53. The van der Waals surface area contributed by atoms with Crippen LogP contribution in [-0.2, 0) is 19.2 Å². The fraction of sp³-hybridized carbons (Fsp3) is 0.476. The molecule has 6 atom stereocenters. The number of hydrogen-bond donors (Lipinski definition) is 2. The van der Waals surface area contributed by atoms with E-state index in [1.165, 1.54) is 9.80 Å². The molecular formula is C42H42F4N8O4. The fourth-order valence-electron chi connectivity index (χ4n) is 9.53. The van der Waals surface area contributed by atoms with E-state index < -0.39 is 61.2 Å². The Morgan fingerprint density at radius 3 is 1.22 bits per heavy atom. The number of carbonyl (C=O) groups excluding carboxylic acids is 4. The van der Waals surface area contributed by atoms with E-state index in [1.54, 1.807) is 22.2 Å². The summed E-state index contributed by atoms with van der Waals surface area (Å²) in [6, 6.07) is 15.0. The minimum atomic E-state index is -2.81. The van der Waals surface area contributed by atoms with Gasteiger partial charge in [-0.25, -0.2) is 27.5 Å². The van der Waals surface area contributed by atoms with Crippen LogP contribution >= 0.6 is 0 Å². The van der Waals surface area contributed by atoms with Crippen LogP contribution in [0.4, 0.5) is 17.6 Å². The van der Waals surface area contributed by atoms with Crippen LogP contribution in [0, 0.1) is 11.8 Å². The number of aromatic nitrogens is 4. The number of fused-ring (bicyclic) bond motifs is 2. The molecule has 6 heterocycles. The summed E-state index contributed by atoms with van der Waals surface area (Å²) in [5.74, 6) is -6.57. The number of piperidine rings is 4. The van der Waals surface area contributed by atoms with Gasteiger partial charge in [-0.15, -0.1) is 0 Å². The topological polar surface area (TPSA) is 139 Å². The standard InChI is InChI=1S/C42H42F4N8O4/c43-41(44)9-13-51(14-10-41)37(55)39(57)53-31-17-27(31)19-33(53)35-47-21-29(49-35)25-5-1-23(2-6-25)24-3-7-26(8-4-24)30-22-48-36(50-30)34-20-28-18-32(28)54(34)40(58)38(56)52-15-11-42(45,46)12-16-52/h1-8,21-22,27-28,31-34H,9-20H2,(H,47,49)(H,48,50)/t27-,28?,31?,32-,33?,34?/m0/s1. The predicted octanol–water partition coefficient (Wildman–Crippen LogP) is 5.97. The first kappa shape index (κ1) is 36.8. The van der Waals surface area contributed by atoms with E-state index in [4.69, 9.17) is 9.97 Å². The summed E-state index contributed by atoms with van der Waals surface area (Å²) in [7, 11) is 0. The number of amides is 4. The Morgan fingerprint density at radius 1 is 0.517 bits per heavy atom. The van der Waals surface area contributed by atoms with Crippen LogP contribution in [0.5, 0.6) is 0 Å². The average Bonchev–Trinajstić information content (AvgIpc) is 3.81. The van der Waals surface area contributed by atoms with Crippen LogP contribution in [0.2, 0.25) is 0 Å². The minimum Gasteiger partial charge on any atom is -0.346 e. The van der Waals surface area contributed by atoms with Crippen LogP contribution in [-0.4, -0.2) is 113 Å². The van der Waals surface area contributed by atoms with Gasteiger partial charge in [0.1, 0.15) is 11.6 Å². The molecule has 4 saturated heterocycles. The number of aromatic amines is 2. The molecule has 2 aliphatic carbocycles. The maximum atomic E-state index is 13.7. The summed E-state index contributed by atoms with van der Waals surface area (Å²) in [5, 5.41) is 0. The van der Waals surface area contributed by atoms with Crippen molar-refractivity contribution in [1.29, 1.82) is 0 Å². The van der Waals surface area contributed by atoms with E-state index in [0.717, 1.165) is 35.1 Å². The van der Waals surface area contributed by atoms with Gasteiger partial charge in [-0.2, -0.15) is 0 Å². The van der Waals surface area contributed by atoms with Gasteiger partial charge in [0.25, 0.3) is 11.8 Å². The van der Waals surface area contributed by atoms with Gasteiger partial charge in [-0.1, -0.05) is 48.5 Å². The molecule has 302 valence electrons. The predicted molar refractivity (Wildman–Crippen MR) is 201 cm³/mol. The molecule has 12 nitrogen and oxygen atoms in total. The zero-order valence-electron chi connectivity index (χ0n) is 31.6. The second kappa shape index (κ2) is 13.5. The Bertz CT molecular complexity index is 2110. The number of alkyl halides is 4. The third-order valence-electron chi connectivity index (χ3n) is 13.1. The number of nitrogens with one attached hydrogen (secondary N) is 2. The van der Waals surface area contributed by atoms with Gasteiger partial charge in [-0.3, -0.25) is 19.2 Å². The molecule has 2 saturated carbocycles. The molecule has 10 rings (SSSR count). The normalized spacial score (nSPS) is 27.9. The van der Waals surface area contributed by atoms with Crippen LogP contribution in [0.15, 0.2) is 60.9 Å². The molecule has 16 heteroatoms. The first-order chi connectivity index (χ1) is 27.8. The number of rotatable bonds is 5. The first-order valence-electron chi connectivity index (χ1n) is 20.1. The van der Waals surface area contributed by atoms with E-state index in [2.05, 4.69) is 9.97 Å². The van der Waals surface area contributed by atoms with E-state index in [0.29, 0.717) is 47.7 Å². The van der Waals surface area contributed by atoms with Crippen molar-refractivity contribution in [3.05, 3.63) is 72.6 Å². The van der Waals surface area contributed by atoms with E-state index in [1.807, 2.05) is 48.5 Å². The number of nitrogens with zero attached hydrogens (tertiary/aromatic N) is 6. The maximum absolute atomic E-state index is 13.7. The van der Waals surface area contributed by atoms with Gasteiger partial charge in [0.15, 0.2) is 0 Å². The highest BCUT2D eigenvalue weighted by Gasteiger charge is 2.58. The molecule has 4 aromatic rings. The van der Waals surface area contributed by atoms with E-state index in [9.17, 15) is 36.7 Å². The Kier molecular flexibility index (Phi) is 8.57. The molecule has 0 radical (unpaired) electrons. The summed E-state index contributed by atoms with van der Waals surface area (Å²) < 4.78 is 54.7. The average molecular weight is 799 g/mol. The van der Waals surface area contributed by atoms with Crippen LogP contribution in [0.1, 0.15) is 75.1 Å². The van der Waals surface area contributed by atoms with Crippen molar-refractivity contribution < 1.29 is 36.7 Å². The van der Waals surface area contributed by atoms with Crippen LogP contribution in [0.25, 0.3) is 33.6 Å². The highest BCUT2D eigenvalue weighted by atomic mass is 19.3. The molecule has 6 fully saturated rings.